The third kappa shape index (κ3) is 6.62. The number of likely N-dealkylation sites (tertiary alicyclic amines) is 1. The van der Waals surface area contributed by atoms with E-state index in [0.717, 1.165) is 25.8 Å². The molecule has 0 aromatic carbocycles. The minimum Gasteiger partial charge on any atom is -0.444 e. The molecule has 1 aliphatic heterocycles. The Bertz CT molecular complexity index is 283. The van der Waals surface area contributed by atoms with Crippen LogP contribution in [0.5, 0.6) is 0 Å². The van der Waals surface area contributed by atoms with Crippen molar-refractivity contribution >= 4 is 6.09 Å². The summed E-state index contributed by atoms with van der Waals surface area (Å²) in [5.41, 5.74) is -0.385. The maximum atomic E-state index is 12.1. The summed E-state index contributed by atoms with van der Waals surface area (Å²) in [7, 11) is 0. The monoisotopic (exact) mass is 283 g/mol. The van der Waals surface area contributed by atoms with Crippen molar-refractivity contribution in [2.45, 2.75) is 97.1 Å². The van der Waals surface area contributed by atoms with Crippen molar-refractivity contribution in [3.05, 3.63) is 0 Å². The number of rotatable bonds is 7. The van der Waals surface area contributed by atoms with Crippen molar-refractivity contribution in [3.8, 4) is 0 Å². The zero-order chi connectivity index (χ0) is 15.0. The molecular formula is C17H33NO2. The van der Waals surface area contributed by atoms with E-state index in [1.165, 1.54) is 38.5 Å². The fourth-order valence-corrected chi connectivity index (χ4v) is 2.86. The molecule has 1 fully saturated rings. The van der Waals surface area contributed by atoms with Gasteiger partial charge in [0.2, 0.25) is 0 Å². The van der Waals surface area contributed by atoms with Crippen LogP contribution in [0, 0.1) is 0 Å². The predicted octanol–water partition coefficient (Wildman–Crippen LogP) is 5.14. The van der Waals surface area contributed by atoms with Crippen molar-refractivity contribution in [1.29, 1.82) is 0 Å². The maximum Gasteiger partial charge on any atom is 0.410 e. The summed E-state index contributed by atoms with van der Waals surface area (Å²) < 4.78 is 5.50. The van der Waals surface area contributed by atoms with Gasteiger partial charge in [-0.1, -0.05) is 45.4 Å². The molecule has 1 heterocycles. The molecule has 0 spiro atoms. The van der Waals surface area contributed by atoms with Gasteiger partial charge in [-0.3, -0.25) is 0 Å². The van der Waals surface area contributed by atoms with E-state index in [1.807, 2.05) is 25.7 Å². The largest absolute Gasteiger partial charge is 0.444 e. The molecule has 1 rings (SSSR count). The summed E-state index contributed by atoms with van der Waals surface area (Å²) in [6.45, 7) is 8.92. The van der Waals surface area contributed by atoms with Gasteiger partial charge >= 0.3 is 6.09 Å². The molecule has 0 bridgehead atoms. The molecule has 1 atom stereocenters. The van der Waals surface area contributed by atoms with Crippen molar-refractivity contribution in [2.24, 2.45) is 0 Å². The van der Waals surface area contributed by atoms with Gasteiger partial charge < -0.3 is 9.64 Å². The van der Waals surface area contributed by atoms with Crippen LogP contribution < -0.4 is 0 Å². The van der Waals surface area contributed by atoms with Crippen LogP contribution in [-0.4, -0.2) is 29.2 Å². The summed E-state index contributed by atoms with van der Waals surface area (Å²) in [5.74, 6) is 0. The Morgan fingerprint density at radius 3 is 2.45 bits per heavy atom. The van der Waals surface area contributed by atoms with Crippen LogP contribution in [0.3, 0.4) is 0 Å². The minimum absolute atomic E-state index is 0.119. The number of unbranched alkanes of at least 4 members (excludes halogenated alkanes) is 5. The number of ether oxygens (including phenoxy) is 1. The van der Waals surface area contributed by atoms with Crippen LogP contribution in [-0.2, 0) is 4.74 Å². The highest BCUT2D eigenvalue weighted by molar-refractivity contribution is 5.68. The van der Waals surface area contributed by atoms with Crippen LogP contribution in [0.25, 0.3) is 0 Å². The smallest absolute Gasteiger partial charge is 0.410 e. The van der Waals surface area contributed by atoms with Crippen molar-refractivity contribution in [2.75, 3.05) is 6.54 Å². The van der Waals surface area contributed by atoms with Crippen LogP contribution in [0.1, 0.15) is 85.5 Å². The first-order valence-electron chi connectivity index (χ1n) is 8.43. The second-order valence-corrected chi connectivity index (χ2v) is 7.03. The highest BCUT2D eigenvalue weighted by Crippen LogP contribution is 2.24. The van der Waals surface area contributed by atoms with Crippen LogP contribution in [0.4, 0.5) is 4.79 Å². The van der Waals surface area contributed by atoms with E-state index >= 15 is 0 Å². The van der Waals surface area contributed by atoms with Gasteiger partial charge in [0.15, 0.2) is 0 Å². The first-order chi connectivity index (χ1) is 9.44. The summed E-state index contributed by atoms with van der Waals surface area (Å²) in [4.78, 5) is 14.1. The molecule has 0 radical (unpaired) electrons. The second-order valence-electron chi connectivity index (χ2n) is 7.03. The summed E-state index contributed by atoms with van der Waals surface area (Å²) in [5, 5.41) is 0. The van der Waals surface area contributed by atoms with E-state index in [0.29, 0.717) is 6.04 Å². The summed E-state index contributed by atoms with van der Waals surface area (Å²) >= 11 is 0. The molecule has 0 saturated carbocycles. The molecule has 1 aliphatic rings. The second kappa shape index (κ2) is 8.53. The van der Waals surface area contributed by atoms with Crippen molar-refractivity contribution in [3.63, 3.8) is 0 Å². The zero-order valence-corrected chi connectivity index (χ0v) is 13.9. The average Bonchev–Trinajstić information content (AvgIpc) is 2.80. The highest BCUT2D eigenvalue weighted by Gasteiger charge is 2.31. The fraction of sp³-hybridized carbons (Fsp3) is 0.941. The third-order valence-electron chi connectivity index (χ3n) is 3.90. The first kappa shape index (κ1) is 17.3. The number of nitrogens with zero attached hydrogens (tertiary/aromatic N) is 1. The number of amides is 1. The predicted molar refractivity (Wildman–Crippen MR) is 84.0 cm³/mol. The van der Waals surface area contributed by atoms with Gasteiger partial charge in [0.25, 0.3) is 0 Å². The van der Waals surface area contributed by atoms with Gasteiger partial charge in [-0.25, -0.2) is 4.79 Å². The number of carbonyl (C=O) groups excluding carboxylic acids is 1. The van der Waals surface area contributed by atoms with Gasteiger partial charge in [-0.15, -0.1) is 0 Å². The van der Waals surface area contributed by atoms with Crippen LogP contribution >= 0.6 is 0 Å². The molecular weight excluding hydrogens is 250 g/mol. The average molecular weight is 283 g/mol. The van der Waals surface area contributed by atoms with Crippen LogP contribution in [0.2, 0.25) is 0 Å². The van der Waals surface area contributed by atoms with E-state index in [1.54, 1.807) is 0 Å². The minimum atomic E-state index is -0.385. The Kier molecular flexibility index (Phi) is 7.39. The lowest BCUT2D eigenvalue weighted by atomic mass is 10.0. The van der Waals surface area contributed by atoms with Crippen molar-refractivity contribution in [1.82, 2.24) is 4.90 Å². The fourth-order valence-electron chi connectivity index (χ4n) is 2.86. The van der Waals surface area contributed by atoms with Gasteiger partial charge in [-0.2, -0.15) is 0 Å². The quantitative estimate of drug-likeness (QED) is 0.606. The topological polar surface area (TPSA) is 29.5 Å². The normalized spacial score (nSPS) is 19.4. The third-order valence-corrected chi connectivity index (χ3v) is 3.90. The Hall–Kier alpha value is -0.730. The Morgan fingerprint density at radius 2 is 1.80 bits per heavy atom. The van der Waals surface area contributed by atoms with E-state index in [4.69, 9.17) is 4.74 Å². The van der Waals surface area contributed by atoms with Crippen molar-refractivity contribution < 1.29 is 9.53 Å². The summed E-state index contributed by atoms with van der Waals surface area (Å²) in [6.07, 6.45) is 11.2. The molecule has 1 amide bonds. The standard InChI is InChI=1S/C17H33NO2/c1-5-6-7-8-9-10-12-15-13-11-14-18(15)16(19)20-17(2,3)4/h15H,5-14H2,1-4H3. The summed E-state index contributed by atoms with van der Waals surface area (Å²) in [6, 6.07) is 0.413. The molecule has 1 saturated heterocycles. The van der Waals surface area contributed by atoms with E-state index in [-0.39, 0.29) is 11.7 Å². The van der Waals surface area contributed by atoms with Crippen LogP contribution in [0.15, 0.2) is 0 Å². The number of hydrogen-bond donors (Lipinski definition) is 0. The van der Waals surface area contributed by atoms with Gasteiger partial charge in [-0.05, 0) is 40.0 Å². The zero-order valence-electron chi connectivity index (χ0n) is 13.9. The molecule has 3 heteroatoms. The Balaban J connectivity index is 2.25. The SMILES string of the molecule is CCCCCCCCC1CCCN1C(=O)OC(C)(C)C. The molecule has 3 nitrogen and oxygen atoms in total. The van der Waals surface area contributed by atoms with E-state index < -0.39 is 0 Å². The molecule has 0 N–H and O–H groups in total. The first-order valence-corrected chi connectivity index (χ1v) is 8.43. The Labute approximate surface area is 125 Å². The highest BCUT2D eigenvalue weighted by atomic mass is 16.6. The maximum absolute atomic E-state index is 12.1. The Morgan fingerprint density at radius 1 is 1.15 bits per heavy atom. The lowest BCUT2D eigenvalue weighted by molar-refractivity contribution is 0.0218. The molecule has 20 heavy (non-hydrogen) atoms. The molecule has 0 aliphatic carbocycles. The van der Waals surface area contributed by atoms with Gasteiger partial charge in [0.05, 0.1) is 0 Å². The molecule has 1 unspecified atom stereocenters. The molecule has 0 aromatic heterocycles. The molecule has 118 valence electrons. The number of hydrogen-bond acceptors (Lipinski definition) is 2. The number of carbonyl (C=O) groups is 1. The van der Waals surface area contributed by atoms with Gasteiger partial charge in [0.1, 0.15) is 5.60 Å². The van der Waals surface area contributed by atoms with E-state index in [9.17, 15) is 4.79 Å². The van der Waals surface area contributed by atoms with Gasteiger partial charge in [0, 0.05) is 12.6 Å². The lowest BCUT2D eigenvalue weighted by Gasteiger charge is -2.28. The lowest BCUT2D eigenvalue weighted by Crippen LogP contribution is -2.39. The van der Waals surface area contributed by atoms with E-state index in [2.05, 4.69) is 6.92 Å². The molecule has 0 aromatic rings.